The zero-order chi connectivity index (χ0) is 22.6. The number of nitrogens with one attached hydrogen (secondary N) is 1. The number of rotatable bonds is 7. The number of anilines is 2. The molecule has 1 heterocycles. The van der Waals surface area contributed by atoms with Gasteiger partial charge < -0.3 is 19.7 Å². The van der Waals surface area contributed by atoms with Crippen molar-refractivity contribution in [3.63, 3.8) is 0 Å². The van der Waals surface area contributed by atoms with Crippen LogP contribution in [0.2, 0.25) is 0 Å². The van der Waals surface area contributed by atoms with Gasteiger partial charge in [0, 0.05) is 18.7 Å². The number of hydrogen-bond acceptors (Lipinski definition) is 4. The molecule has 6 heteroatoms. The average Bonchev–Trinajstić information content (AvgIpc) is 3.13. The van der Waals surface area contributed by atoms with Crippen LogP contribution in [0.1, 0.15) is 46.1 Å². The van der Waals surface area contributed by atoms with E-state index in [4.69, 9.17) is 9.47 Å². The Kier molecular flexibility index (Phi) is 6.88. The van der Waals surface area contributed by atoms with E-state index in [-0.39, 0.29) is 23.7 Å². The lowest BCUT2D eigenvalue weighted by Gasteiger charge is -2.22. The molecule has 6 nitrogen and oxygen atoms in total. The molecular formula is C25H32N2O4. The third kappa shape index (κ3) is 5.37. The molecule has 0 saturated carbocycles. The van der Waals surface area contributed by atoms with E-state index in [1.807, 2.05) is 42.5 Å². The van der Waals surface area contributed by atoms with Gasteiger partial charge >= 0.3 is 0 Å². The van der Waals surface area contributed by atoms with Crippen LogP contribution in [0.4, 0.5) is 11.4 Å². The molecule has 0 bridgehead atoms. The molecule has 1 atom stereocenters. The Balaban J connectivity index is 1.71. The van der Waals surface area contributed by atoms with Crippen molar-refractivity contribution in [2.24, 2.45) is 5.92 Å². The maximum atomic E-state index is 13.0. The van der Waals surface area contributed by atoms with Gasteiger partial charge in [0.05, 0.1) is 25.3 Å². The van der Waals surface area contributed by atoms with Gasteiger partial charge in [0.25, 0.3) is 0 Å². The van der Waals surface area contributed by atoms with Crippen LogP contribution in [-0.4, -0.2) is 32.1 Å². The molecule has 2 aromatic rings. The van der Waals surface area contributed by atoms with Crippen molar-refractivity contribution in [3.8, 4) is 11.5 Å². The highest BCUT2D eigenvalue weighted by atomic mass is 16.5. The molecule has 1 saturated heterocycles. The van der Waals surface area contributed by atoms with Crippen molar-refractivity contribution in [2.45, 2.75) is 46.0 Å². The Labute approximate surface area is 184 Å². The second-order valence-electron chi connectivity index (χ2n) is 8.90. The van der Waals surface area contributed by atoms with Crippen LogP contribution in [-0.2, 0) is 15.0 Å². The van der Waals surface area contributed by atoms with Crippen LogP contribution in [0.5, 0.6) is 11.5 Å². The maximum absolute atomic E-state index is 13.0. The van der Waals surface area contributed by atoms with Gasteiger partial charge in [0.1, 0.15) is 11.5 Å². The zero-order valence-corrected chi connectivity index (χ0v) is 19.0. The van der Waals surface area contributed by atoms with E-state index in [0.717, 1.165) is 23.4 Å². The van der Waals surface area contributed by atoms with Gasteiger partial charge in [-0.3, -0.25) is 9.59 Å². The van der Waals surface area contributed by atoms with Crippen LogP contribution in [0.25, 0.3) is 0 Å². The van der Waals surface area contributed by atoms with E-state index < -0.39 is 5.92 Å². The largest absolute Gasteiger partial charge is 0.495 e. The number of nitrogens with zero attached hydrogens (tertiary/aromatic N) is 1. The topological polar surface area (TPSA) is 67.9 Å². The fraction of sp³-hybridized carbons (Fsp3) is 0.440. The minimum atomic E-state index is -0.425. The molecular weight excluding hydrogens is 392 g/mol. The summed E-state index contributed by atoms with van der Waals surface area (Å²) >= 11 is 0. The molecule has 0 unspecified atom stereocenters. The number of carbonyl (C=O) groups excluding carboxylic acids is 2. The first kappa shape index (κ1) is 22.7. The second kappa shape index (κ2) is 9.41. The fourth-order valence-electron chi connectivity index (χ4n) is 3.58. The van der Waals surface area contributed by atoms with Crippen molar-refractivity contribution < 1.29 is 19.1 Å². The van der Waals surface area contributed by atoms with Crippen LogP contribution < -0.4 is 19.7 Å². The van der Waals surface area contributed by atoms with Gasteiger partial charge in [-0.25, -0.2) is 0 Å². The Morgan fingerprint density at radius 3 is 2.48 bits per heavy atom. The highest BCUT2D eigenvalue weighted by Gasteiger charge is 2.35. The summed E-state index contributed by atoms with van der Waals surface area (Å²) in [4.78, 5) is 27.2. The molecule has 1 aliphatic rings. The van der Waals surface area contributed by atoms with E-state index in [2.05, 4.69) is 33.0 Å². The predicted octanol–water partition coefficient (Wildman–Crippen LogP) is 4.77. The summed E-state index contributed by atoms with van der Waals surface area (Å²) in [6.45, 7) is 9.41. The summed E-state index contributed by atoms with van der Waals surface area (Å²) < 4.78 is 11.0. The van der Waals surface area contributed by atoms with Gasteiger partial charge in [-0.15, -0.1) is 0 Å². The van der Waals surface area contributed by atoms with Crippen molar-refractivity contribution >= 4 is 23.2 Å². The number of methoxy groups -OCH3 is 1. The Morgan fingerprint density at radius 2 is 1.87 bits per heavy atom. The molecule has 0 aromatic heterocycles. The Morgan fingerprint density at radius 1 is 1.16 bits per heavy atom. The summed E-state index contributed by atoms with van der Waals surface area (Å²) in [6.07, 6.45) is 1.12. The number of benzene rings is 2. The maximum Gasteiger partial charge on any atom is 0.229 e. The summed E-state index contributed by atoms with van der Waals surface area (Å²) in [6, 6.07) is 13.2. The molecule has 1 aliphatic heterocycles. The van der Waals surface area contributed by atoms with Gasteiger partial charge in [0.2, 0.25) is 11.8 Å². The quantitative estimate of drug-likeness (QED) is 0.695. The van der Waals surface area contributed by atoms with Crippen molar-refractivity contribution in [2.75, 3.05) is 30.5 Å². The summed E-state index contributed by atoms with van der Waals surface area (Å²) in [5, 5.41) is 2.98. The van der Waals surface area contributed by atoms with Crippen LogP contribution in [0, 0.1) is 5.92 Å². The minimum absolute atomic E-state index is 0.0567. The molecule has 31 heavy (non-hydrogen) atoms. The molecule has 0 spiro atoms. The van der Waals surface area contributed by atoms with Crippen molar-refractivity contribution in [3.05, 3.63) is 48.0 Å². The molecule has 0 aliphatic carbocycles. The zero-order valence-electron chi connectivity index (χ0n) is 19.0. The van der Waals surface area contributed by atoms with Gasteiger partial charge in [0.15, 0.2) is 0 Å². The van der Waals surface area contributed by atoms with Crippen LogP contribution in [0.15, 0.2) is 42.5 Å². The third-order valence-corrected chi connectivity index (χ3v) is 5.44. The first-order valence-corrected chi connectivity index (χ1v) is 10.8. The monoisotopic (exact) mass is 424 g/mol. The molecule has 3 rings (SSSR count). The molecule has 2 amide bonds. The highest BCUT2D eigenvalue weighted by molar-refractivity contribution is 6.04. The molecule has 2 aromatic carbocycles. The smallest absolute Gasteiger partial charge is 0.229 e. The van der Waals surface area contributed by atoms with E-state index in [1.54, 1.807) is 12.0 Å². The summed E-state index contributed by atoms with van der Waals surface area (Å²) in [5.74, 6) is 0.718. The number of hydrogen-bond donors (Lipinski definition) is 1. The number of ether oxygens (including phenoxy) is 2. The molecule has 1 N–H and O–H groups in total. The van der Waals surface area contributed by atoms with E-state index in [1.165, 1.54) is 0 Å². The normalized spacial score (nSPS) is 16.4. The molecule has 166 valence electrons. The van der Waals surface area contributed by atoms with Crippen LogP contribution >= 0.6 is 0 Å². The van der Waals surface area contributed by atoms with Crippen LogP contribution in [0.3, 0.4) is 0 Å². The first-order chi connectivity index (χ1) is 14.7. The highest BCUT2D eigenvalue weighted by Crippen LogP contribution is 2.33. The fourth-order valence-corrected chi connectivity index (χ4v) is 3.58. The summed E-state index contributed by atoms with van der Waals surface area (Å²) in [7, 11) is 1.58. The standard InChI is InChI=1S/C25H32N2O4/c1-6-13-31-20-10-8-19(9-11-20)27-16-17(14-23(27)28)24(29)26-21-15-18(25(2,3)4)7-12-22(21)30-5/h7-12,15,17H,6,13-14,16H2,1-5H3,(H,26,29)/t17-/m1/s1. The van der Waals surface area contributed by atoms with E-state index >= 15 is 0 Å². The van der Waals surface area contributed by atoms with Gasteiger partial charge in [-0.1, -0.05) is 33.8 Å². The first-order valence-electron chi connectivity index (χ1n) is 10.8. The van der Waals surface area contributed by atoms with Gasteiger partial charge in [-0.05, 0) is 53.8 Å². The predicted molar refractivity (Wildman–Crippen MR) is 123 cm³/mol. The van der Waals surface area contributed by atoms with Crippen molar-refractivity contribution in [1.29, 1.82) is 0 Å². The number of carbonyl (C=O) groups is 2. The molecule has 1 fully saturated rings. The third-order valence-electron chi connectivity index (χ3n) is 5.44. The lowest BCUT2D eigenvalue weighted by atomic mass is 9.86. The Hall–Kier alpha value is -3.02. The lowest BCUT2D eigenvalue weighted by molar-refractivity contribution is -0.122. The molecule has 0 radical (unpaired) electrons. The Bertz CT molecular complexity index is 932. The minimum Gasteiger partial charge on any atom is -0.495 e. The summed E-state index contributed by atoms with van der Waals surface area (Å²) in [5.41, 5.74) is 2.44. The lowest BCUT2D eigenvalue weighted by Crippen LogP contribution is -2.28. The SMILES string of the molecule is CCCOc1ccc(N2C[C@H](C(=O)Nc3cc(C(C)(C)C)ccc3OC)CC2=O)cc1. The van der Waals surface area contributed by atoms with Crippen molar-refractivity contribution in [1.82, 2.24) is 0 Å². The van der Waals surface area contributed by atoms with E-state index in [0.29, 0.717) is 24.6 Å². The van der Waals surface area contributed by atoms with Gasteiger partial charge in [-0.2, -0.15) is 0 Å². The number of amides is 2. The average molecular weight is 425 g/mol. The van der Waals surface area contributed by atoms with E-state index in [9.17, 15) is 9.59 Å². The second-order valence-corrected chi connectivity index (χ2v) is 8.90.